The SMILES string of the molecule is COC(=O)C1=C(C)NC2=C(C(=O)[C@H](C(=O)OC)[C@H](c3cccs3)C2)[C@@H]1c1cc(OC)c(OC)c(OC)c1. The number of methoxy groups -OCH3 is 5. The number of Topliss-reactive ketones (excluding diaryl/α,β-unsaturated/α-hetero) is 1. The topological polar surface area (TPSA) is 109 Å². The van der Waals surface area contributed by atoms with Crippen molar-refractivity contribution in [3.05, 3.63) is 62.6 Å². The van der Waals surface area contributed by atoms with E-state index in [1.54, 1.807) is 19.1 Å². The standard InChI is InChI=1S/C27H29NO8S/c1-13-20(26(30)35-5)21(14-10-17(32-2)25(34-4)18(11-14)33-3)23-16(28-13)12-15(19-8-7-9-37-19)22(24(23)29)27(31)36-6/h7-11,15,21-22,28H,12H2,1-6H3/t15-,21+,22+/m0/s1. The van der Waals surface area contributed by atoms with E-state index in [-0.39, 0.29) is 5.57 Å². The molecule has 0 saturated heterocycles. The lowest BCUT2D eigenvalue weighted by molar-refractivity contribution is -0.149. The molecule has 0 unspecified atom stereocenters. The van der Waals surface area contributed by atoms with Crippen LogP contribution in [0, 0.1) is 5.92 Å². The van der Waals surface area contributed by atoms with Gasteiger partial charge in [0.05, 0.1) is 41.1 Å². The third kappa shape index (κ3) is 4.46. The Balaban J connectivity index is 1.97. The molecule has 1 aromatic carbocycles. The van der Waals surface area contributed by atoms with E-state index in [4.69, 9.17) is 23.7 Å². The summed E-state index contributed by atoms with van der Waals surface area (Å²) in [7, 11) is 7.02. The first-order valence-corrected chi connectivity index (χ1v) is 12.4. The molecule has 0 fully saturated rings. The normalized spacial score (nSPS) is 21.1. The minimum Gasteiger partial charge on any atom is -0.493 e. The van der Waals surface area contributed by atoms with E-state index < -0.39 is 35.5 Å². The van der Waals surface area contributed by atoms with Crippen molar-refractivity contribution in [2.24, 2.45) is 5.92 Å². The average molecular weight is 528 g/mol. The number of ether oxygens (including phenoxy) is 5. The van der Waals surface area contributed by atoms with E-state index in [0.29, 0.717) is 46.2 Å². The highest BCUT2D eigenvalue weighted by Gasteiger charge is 2.49. The zero-order valence-corrected chi connectivity index (χ0v) is 22.3. The molecule has 1 aromatic heterocycles. The van der Waals surface area contributed by atoms with Gasteiger partial charge in [-0.3, -0.25) is 9.59 Å². The van der Waals surface area contributed by atoms with Gasteiger partial charge in [-0.15, -0.1) is 11.3 Å². The van der Waals surface area contributed by atoms with Crippen molar-refractivity contribution < 1.29 is 38.1 Å². The van der Waals surface area contributed by atoms with Crippen molar-refractivity contribution in [1.29, 1.82) is 0 Å². The van der Waals surface area contributed by atoms with Gasteiger partial charge in [0.25, 0.3) is 0 Å². The highest BCUT2D eigenvalue weighted by atomic mass is 32.1. The number of dihydropyridines is 1. The summed E-state index contributed by atoms with van der Waals surface area (Å²) < 4.78 is 26.7. The summed E-state index contributed by atoms with van der Waals surface area (Å²) in [6, 6.07) is 7.19. The van der Waals surface area contributed by atoms with Gasteiger partial charge < -0.3 is 29.0 Å². The Morgan fingerprint density at radius 2 is 1.68 bits per heavy atom. The average Bonchev–Trinajstić information content (AvgIpc) is 3.45. The van der Waals surface area contributed by atoms with Crippen molar-refractivity contribution in [2.45, 2.75) is 25.2 Å². The second-order valence-corrected chi connectivity index (χ2v) is 9.61. The molecule has 4 rings (SSSR count). The minimum absolute atomic E-state index is 0.252. The monoisotopic (exact) mass is 527 g/mol. The van der Waals surface area contributed by atoms with Gasteiger partial charge in [0.1, 0.15) is 5.92 Å². The summed E-state index contributed by atoms with van der Waals surface area (Å²) in [6.07, 6.45) is 0.383. The number of ketones is 1. The first-order valence-electron chi connectivity index (χ1n) is 11.6. The molecule has 2 aliphatic rings. The quantitative estimate of drug-likeness (QED) is 0.426. The lowest BCUT2D eigenvalue weighted by Gasteiger charge is -2.39. The summed E-state index contributed by atoms with van der Waals surface area (Å²) in [6.45, 7) is 1.76. The zero-order chi connectivity index (χ0) is 26.9. The van der Waals surface area contributed by atoms with Gasteiger partial charge in [-0.25, -0.2) is 4.79 Å². The maximum atomic E-state index is 14.2. The van der Waals surface area contributed by atoms with Crippen LogP contribution >= 0.6 is 11.3 Å². The fourth-order valence-corrected chi connectivity index (χ4v) is 6.05. The number of hydrogen-bond donors (Lipinski definition) is 1. The number of thiophene rings is 1. The third-order valence-corrected chi connectivity index (χ3v) is 7.81. The predicted molar refractivity (Wildman–Crippen MR) is 136 cm³/mol. The number of allylic oxidation sites excluding steroid dienone is 3. The molecule has 3 atom stereocenters. The molecule has 1 aliphatic heterocycles. The Kier molecular flexibility index (Phi) is 7.58. The van der Waals surface area contributed by atoms with Crippen LogP contribution in [0.3, 0.4) is 0 Å². The summed E-state index contributed by atoms with van der Waals surface area (Å²) in [5, 5.41) is 5.17. The smallest absolute Gasteiger partial charge is 0.336 e. The van der Waals surface area contributed by atoms with Crippen LogP contribution in [0.2, 0.25) is 0 Å². The predicted octanol–water partition coefficient (Wildman–Crippen LogP) is 3.71. The van der Waals surface area contributed by atoms with E-state index in [2.05, 4.69) is 5.32 Å². The molecular formula is C27H29NO8S. The lowest BCUT2D eigenvalue weighted by atomic mass is 9.68. The summed E-state index contributed by atoms with van der Waals surface area (Å²) in [5.74, 6) is -2.84. The van der Waals surface area contributed by atoms with Crippen molar-refractivity contribution in [3.63, 3.8) is 0 Å². The maximum Gasteiger partial charge on any atom is 0.336 e. The third-order valence-electron chi connectivity index (χ3n) is 6.81. The fraction of sp³-hybridized carbons (Fsp3) is 0.370. The number of carbonyl (C=O) groups is 3. The van der Waals surface area contributed by atoms with E-state index >= 15 is 0 Å². The van der Waals surface area contributed by atoms with Crippen LogP contribution in [0.15, 0.2) is 52.2 Å². The Bertz CT molecular complexity index is 1270. The van der Waals surface area contributed by atoms with E-state index in [1.807, 2.05) is 17.5 Å². The van der Waals surface area contributed by atoms with Crippen LogP contribution in [0.1, 0.15) is 35.6 Å². The first kappa shape index (κ1) is 26.3. The number of hydrogen-bond acceptors (Lipinski definition) is 10. The Hall–Kier alpha value is -3.79. The van der Waals surface area contributed by atoms with Crippen LogP contribution in [0.4, 0.5) is 0 Å². The second-order valence-electron chi connectivity index (χ2n) is 8.63. The molecule has 0 amide bonds. The Morgan fingerprint density at radius 1 is 1.00 bits per heavy atom. The molecule has 10 heteroatoms. The number of benzene rings is 1. The van der Waals surface area contributed by atoms with Gasteiger partial charge in [-0.2, -0.15) is 0 Å². The van der Waals surface area contributed by atoms with Crippen molar-refractivity contribution in [1.82, 2.24) is 5.32 Å². The number of esters is 2. The van der Waals surface area contributed by atoms with Crippen LogP contribution in [-0.2, 0) is 23.9 Å². The van der Waals surface area contributed by atoms with Crippen molar-refractivity contribution in [3.8, 4) is 17.2 Å². The zero-order valence-electron chi connectivity index (χ0n) is 21.5. The molecule has 1 N–H and O–H groups in total. The molecule has 0 spiro atoms. The van der Waals surface area contributed by atoms with Gasteiger partial charge >= 0.3 is 11.9 Å². The van der Waals surface area contributed by atoms with Gasteiger partial charge in [0.2, 0.25) is 5.75 Å². The molecule has 0 saturated carbocycles. The lowest BCUT2D eigenvalue weighted by Crippen LogP contribution is -2.43. The Labute approximate surface area is 219 Å². The Morgan fingerprint density at radius 3 is 2.19 bits per heavy atom. The number of rotatable bonds is 7. The molecule has 2 heterocycles. The van der Waals surface area contributed by atoms with Gasteiger partial charge in [-0.05, 0) is 42.5 Å². The summed E-state index contributed by atoms with van der Waals surface area (Å²) in [5.41, 5.74) is 2.31. The minimum atomic E-state index is -1.06. The second kappa shape index (κ2) is 10.7. The fourth-order valence-electron chi connectivity index (χ4n) is 5.18. The number of nitrogens with one attached hydrogen (secondary N) is 1. The molecule has 1 aliphatic carbocycles. The first-order chi connectivity index (χ1) is 17.8. The van der Waals surface area contributed by atoms with Gasteiger partial charge in [0, 0.05) is 33.7 Å². The molecule has 0 bridgehead atoms. The molecule has 9 nitrogen and oxygen atoms in total. The van der Waals surface area contributed by atoms with E-state index in [0.717, 1.165) is 4.88 Å². The number of carbonyl (C=O) groups excluding carboxylic acids is 3. The van der Waals surface area contributed by atoms with Crippen LogP contribution in [0.5, 0.6) is 17.2 Å². The van der Waals surface area contributed by atoms with Crippen LogP contribution in [0.25, 0.3) is 0 Å². The summed E-state index contributed by atoms with van der Waals surface area (Å²) >= 11 is 1.48. The van der Waals surface area contributed by atoms with Crippen molar-refractivity contribution >= 4 is 29.1 Å². The van der Waals surface area contributed by atoms with Gasteiger partial charge in [-0.1, -0.05) is 6.07 Å². The van der Waals surface area contributed by atoms with Crippen molar-refractivity contribution in [2.75, 3.05) is 35.5 Å². The maximum absolute atomic E-state index is 14.2. The summed E-state index contributed by atoms with van der Waals surface area (Å²) in [4.78, 5) is 41.1. The molecule has 37 heavy (non-hydrogen) atoms. The van der Waals surface area contributed by atoms with E-state index in [9.17, 15) is 14.4 Å². The van der Waals surface area contributed by atoms with Crippen LogP contribution in [-0.4, -0.2) is 53.3 Å². The van der Waals surface area contributed by atoms with Crippen LogP contribution < -0.4 is 19.5 Å². The largest absolute Gasteiger partial charge is 0.493 e. The molecule has 2 aromatic rings. The highest BCUT2D eigenvalue weighted by Crippen LogP contribution is 2.51. The van der Waals surface area contributed by atoms with E-state index in [1.165, 1.54) is 46.9 Å². The molecule has 0 radical (unpaired) electrons. The highest BCUT2D eigenvalue weighted by molar-refractivity contribution is 7.10. The molecule has 196 valence electrons. The van der Waals surface area contributed by atoms with Gasteiger partial charge in [0.15, 0.2) is 17.3 Å². The molecular weight excluding hydrogens is 498 g/mol.